The first kappa shape index (κ1) is 18.8. The molecule has 3 N–H and O–H groups in total. The minimum Gasteiger partial charge on any atom is -0.468 e. The van der Waals surface area contributed by atoms with Gasteiger partial charge in [-0.2, -0.15) is 0 Å². The van der Waals surface area contributed by atoms with Gasteiger partial charge in [0.15, 0.2) is 0 Å². The number of halogens is 1. The third-order valence-corrected chi connectivity index (χ3v) is 3.28. The molecule has 0 radical (unpaired) electrons. The van der Waals surface area contributed by atoms with Crippen molar-refractivity contribution in [1.29, 1.82) is 0 Å². The van der Waals surface area contributed by atoms with Gasteiger partial charge in [-0.25, -0.2) is 0 Å². The fourth-order valence-corrected chi connectivity index (χ4v) is 2.21. The van der Waals surface area contributed by atoms with Crippen LogP contribution in [0.3, 0.4) is 0 Å². The summed E-state index contributed by atoms with van der Waals surface area (Å²) >= 11 is 1.47. The second kappa shape index (κ2) is 10.5. The molecule has 0 aromatic heterocycles. The van der Waals surface area contributed by atoms with Gasteiger partial charge < -0.3 is 15.8 Å². The number of benzene rings is 1. The minimum atomic E-state index is -0.239. The summed E-state index contributed by atoms with van der Waals surface area (Å²) in [6.07, 6.45) is 0.307. The van der Waals surface area contributed by atoms with Crippen molar-refractivity contribution in [1.82, 2.24) is 0 Å². The van der Waals surface area contributed by atoms with Gasteiger partial charge in [-0.05, 0) is 17.7 Å². The summed E-state index contributed by atoms with van der Waals surface area (Å²) in [5.41, 5.74) is 7.10. The van der Waals surface area contributed by atoms with Crippen LogP contribution in [0.5, 0.6) is 0 Å². The molecule has 0 saturated carbocycles. The van der Waals surface area contributed by atoms with Gasteiger partial charge in [0.25, 0.3) is 0 Å². The number of methoxy groups -OCH3 is 1. The molecule has 0 spiro atoms. The van der Waals surface area contributed by atoms with Gasteiger partial charge in [0, 0.05) is 24.4 Å². The number of nitrogens with one attached hydrogen (secondary N) is 1. The van der Waals surface area contributed by atoms with E-state index in [1.165, 1.54) is 18.9 Å². The van der Waals surface area contributed by atoms with Crippen LogP contribution in [0.1, 0.15) is 12.0 Å². The van der Waals surface area contributed by atoms with E-state index in [0.29, 0.717) is 24.5 Å². The van der Waals surface area contributed by atoms with Crippen molar-refractivity contribution in [3.05, 3.63) is 29.8 Å². The van der Waals surface area contributed by atoms with E-state index in [2.05, 4.69) is 10.1 Å². The number of thioether (sulfide) groups is 1. The molecule has 7 heteroatoms. The molecule has 0 saturated heterocycles. The number of carbonyl (C=O) groups is 2. The lowest BCUT2D eigenvalue weighted by Gasteiger charge is -2.07. The largest absolute Gasteiger partial charge is 0.468 e. The summed E-state index contributed by atoms with van der Waals surface area (Å²) in [5, 5.41) is 2.77. The van der Waals surface area contributed by atoms with Crippen molar-refractivity contribution < 1.29 is 14.3 Å². The molecule has 0 aliphatic heterocycles. The molecule has 112 valence electrons. The van der Waals surface area contributed by atoms with Crippen LogP contribution in [0.4, 0.5) is 5.69 Å². The van der Waals surface area contributed by atoms with Crippen LogP contribution in [0, 0.1) is 0 Å². The number of ether oxygens (including phenoxy) is 1. The van der Waals surface area contributed by atoms with Crippen LogP contribution in [-0.2, 0) is 20.1 Å². The highest BCUT2D eigenvalue weighted by Crippen LogP contribution is 2.16. The number of hydrogen-bond acceptors (Lipinski definition) is 5. The lowest BCUT2D eigenvalue weighted by Crippen LogP contribution is -2.16. The highest BCUT2D eigenvalue weighted by Gasteiger charge is 2.03. The summed E-state index contributed by atoms with van der Waals surface area (Å²) in [5.74, 6) is 0.676. The normalized spacial score (nSPS) is 9.50. The fourth-order valence-electron chi connectivity index (χ4n) is 1.40. The molecule has 0 unspecified atom stereocenters. The number of amides is 1. The van der Waals surface area contributed by atoms with Gasteiger partial charge >= 0.3 is 5.97 Å². The maximum atomic E-state index is 11.4. The predicted octanol–water partition coefficient (Wildman–Crippen LogP) is 1.80. The third-order valence-electron chi connectivity index (χ3n) is 2.30. The molecule has 1 rings (SSSR count). The van der Waals surface area contributed by atoms with Crippen LogP contribution in [-0.4, -0.2) is 31.3 Å². The van der Waals surface area contributed by atoms with Gasteiger partial charge in [-0.1, -0.05) is 12.1 Å². The van der Waals surface area contributed by atoms with E-state index in [9.17, 15) is 9.59 Å². The molecule has 0 aliphatic rings. The van der Waals surface area contributed by atoms with Crippen molar-refractivity contribution >= 4 is 41.7 Å². The first-order valence-electron chi connectivity index (χ1n) is 5.89. The Hall–Kier alpha value is -1.24. The van der Waals surface area contributed by atoms with E-state index in [1.807, 2.05) is 24.3 Å². The van der Waals surface area contributed by atoms with Crippen molar-refractivity contribution in [3.63, 3.8) is 0 Å². The molecule has 0 bridgehead atoms. The SMILES string of the molecule is COC(=O)CSCc1cccc(NC(=O)CCN)c1.Cl. The first-order chi connectivity index (χ1) is 9.15. The minimum absolute atomic E-state index is 0. The smallest absolute Gasteiger partial charge is 0.315 e. The summed E-state index contributed by atoms with van der Waals surface area (Å²) in [4.78, 5) is 22.4. The van der Waals surface area contributed by atoms with Crippen LogP contribution in [0.25, 0.3) is 0 Å². The summed E-state index contributed by atoms with van der Waals surface area (Å²) in [6, 6.07) is 7.52. The van der Waals surface area contributed by atoms with Crippen LogP contribution in [0.2, 0.25) is 0 Å². The van der Waals surface area contributed by atoms with Gasteiger partial charge in [0.2, 0.25) is 5.91 Å². The van der Waals surface area contributed by atoms with Crippen molar-refractivity contribution in [2.75, 3.05) is 24.7 Å². The van der Waals surface area contributed by atoms with Crippen molar-refractivity contribution in [3.8, 4) is 0 Å². The van der Waals surface area contributed by atoms with Gasteiger partial charge in [0.05, 0.1) is 12.9 Å². The molecular weight excluding hydrogens is 300 g/mol. The maximum absolute atomic E-state index is 11.4. The van der Waals surface area contributed by atoms with E-state index in [4.69, 9.17) is 5.73 Å². The average Bonchev–Trinajstić information content (AvgIpc) is 2.39. The average molecular weight is 319 g/mol. The van der Waals surface area contributed by atoms with E-state index in [1.54, 1.807) is 0 Å². The molecule has 0 atom stereocenters. The molecular formula is C13H19ClN2O3S. The Bertz CT molecular complexity index is 443. The Balaban J connectivity index is 0.00000361. The zero-order chi connectivity index (χ0) is 14.1. The van der Waals surface area contributed by atoms with E-state index < -0.39 is 0 Å². The highest BCUT2D eigenvalue weighted by molar-refractivity contribution is 7.99. The molecule has 1 amide bonds. The number of nitrogens with two attached hydrogens (primary N) is 1. The van der Waals surface area contributed by atoms with E-state index in [0.717, 1.165) is 11.3 Å². The van der Waals surface area contributed by atoms with Crippen LogP contribution in [0.15, 0.2) is 24.3 Å². The summed E-state index contributed by atoms with van der Waals surface area (Å²) < 4.78 is 4.56. The Labute approximate surface area is 129 Å². The zero-order valence-corrected chi connectivity index (χ0v) is 12.9. The summed E-state index contributed by atoms with van der Waals surface area (Å²) in [7, 11) is 1.37. The Morgan fingerprint density at radius 2 is 2.15 bits per heavy atom. The van der Waals surface area contributed by atoms with E-state index in [-0.39, 0.29) is 24.3 Å². The lowest BCUT2D eigenvalue weighted by atomic mass is 10.2. The first-order valence-corrected chi connectivity index (χ1v) is 7.04. The number of rotatable bonds is 7. The molecule has 0 heterocycles. The second-order valence-corrected chi connectivity index (χ2v) is 4.84. The number of anilines is 1. The van der Waals surface area contributed by atoms with Gasteiger partial charge in [-0.15, -0.1) is 24.2 Å². The quantitative estimate of drug-likeness (QED) is 0.749. The molecule has 1 aromatic carbocycles. The van der Waals surface area contributed by atoms with Crippen LogP contribution >= 0.6 is 24.2 Å². The Morgan fingerprint density at radius 1 is 1.40 bits per heavy atom. The number of esters is 1. The summed E-state index contributed by atoms with van der Waals surface area (Å²) in [6.45, 7) is 0.334. The lowest BCUT2D eigenvalue weighted by molar-refractivity contribution is -0.137. The molecule has 0 fully saturated rings. The molecule has 20 heavy (non-hydrogen) atoms. The van der Waals surface area contributed by atoms with E-state index >= 15 is 0 Å². The molecule has 1 aromatic rings. The second-order valence-electron chi connectivity index (χ2n) is 3.86. The van der Waals surface area contributed by atoms with Crippen molar-refractivity contribution in [2.45, 2.75) is 12.2 Å². The number of hydrogen-bond donors (Lipinski definition) is 2. The zero-order valence-electron chi connectivity index (χ0n) is 11.3. The number of carbonyl (C=O) groups excluding carboxylic acids is 2. The van der Waals surface area contributed by atoms with Gasteiger partial charge in [-0.3, -0.25) is 9.59 Å². The topological polar surface area (TPSA) is 81.4 Å². The molecule has 5 nitrogen and oxygen atoms in total. The maximum Gasteiger partial charge on any atom is 0.315 e. The fraction of sp³-hybridized carbons (Fsp3) is 0.385. The Kier molecular flexibility index (Phi) is 9.88. The standard InChI is InChI=1S/C13H18N2O3S.ClH/c1-18-13(17)9-19-8-10-3-2-4-11(7-10)15-12(16)5-6-14;/h2-4,7H,5-6,8-9,14H2,1H3,(H,15,16);1H. The van der Waals surface area contributed by atoms with Crippen LogP contribution < -0.4 is 11.1 Å². The third kappa shape index (κ3) is 7.37. The predicted molar refractivity (Wildman–Crippen MR) is 84.2 cm³/mol. The molecule has 0 aliphatic carbocycles. The van der Waals surface area contributed by atoms with Gasteiger partial charge in [0.1, 0.15) is 0 Å². The van der Waals surface area contributed by atoms with Crippen molar-refractivity contribution in [2.24, 2.45) is 5.73 Å². The monoisotopic (exact) mass is 318 g/mol. The highest BCUT2D eigenvalue weighted by atomic mass is 35.5. The Morgan fingerprint density at radius 3 is 2.80 bits per heavy atom.